The third kappa shape index (κ3) is 4.10. The minimum Gasteiger partial charge on any atom is -0.490 e. The molecule has 0 amide bonds. The van der Waals surface area contributed by atoms with E-state index < -0.39 is 0 Å². The molecular weight excluding hydrogens is 321 g/mol. The Morgan fingerprint density at radius 3 is 2.65 bits per heavy atom. The minimum absolute atomic E-state index is 0.260. The van der Waals surface area contributed by atoms with Crippen LogP contribution in [-0.2, 0) is 6.54 Å². The molecule has 0 bridgehead atoms. The number of anilines is 1. The van der Waals surface area contributed by atoms with E-state index in [4.69, 9.17) is 4.74 Å². The van der Waals surface area contributed by atoms with Gasteiger partial charge in [0.15, 0.2) is 0 Å². The van der Waals surface area contributed by atoms with E-state index in [1.165, 1.54) is 12.1 Å². The average molecular weight is 336 g/mol. The van der Waals surface area contributed by atoms with Crippen molar-refractivity contribution in [3.63, 3.8) is 0 Å². The van der Waals surface area contributed by atoms with Crippen LogP contribution in [0.25, 0.3) is 0 Å². The Kier molecular flexibility index (Phi) is 5.18. The van der Waals surface area contributed by atoms with Crippen molar-refractivity contribution in [1.82, 2.24) is 0 Å². The van der Waals surface area contributed by atoms with Crippen LogP contribution in [0.2, 0.25) is 0 Å². The summed E-state index contributed by atoms with van der Waals surface area (Å²) in [4.78, 5) is 0. The second-order valence-corrected chi connectivity index (χ2v) is 5.08. The van der Waals surface area contributed by atoms with Gasteiger partial charge in [0.05, 0.1) is 5.69 Å². The lowest BCUT2D eigenvalue weighted by molar-refractivity contribution is 0.363. The lowest BCUT2D eigenvalue weighted by Crippen LogP contribution is -2.00. The van der Waals surface area contributed by atoms with E-state index in [2.05, 4.69) is 27.8 Å². The molecule has 0 atom stereocenters. The summed E-state index contributed by atoms with van der Waals surface area (Å²) < 4.78 is 19.4. The molecule has 0 unspecified atom stereocenters. The minimum atomic E-state index is -0.260. The van der Waals surface area contributed by atoms with Crippen molar-refractivity contribution < 1.29 is 9.13 Å². The van der Waals surface area contributed by atoms with Crippen LogP contribution < -0.4 is 10.1 Å². The molecule has 0 saturated carbocycles. The van der Waals surface area contributed by atoms with Crippen LogP contribution in [0.3, 0.4) is 0 Å². The third-order valence-electron chi connectivity index (χ3n) is 2.70. The lowest BCUT2D eigenvalue weighted by atomic mass is 10.2. The van der Waals surface area contributed by atoms with Gasteiger partial charge >= 0.3 is 0 Å². The van der Waals surface area contributed by atoms with Crippen molar-refractivity contribution in [2.24, 2.45) is 0 Å². The molecule has 4 heteroatoms. The van der Waals surface area contributed by atoms with Gasteiger partial charge < -0.3 is 10.1 Å². The first-order chi connectivity index (χ1) is 9.69. The molecule has 0 aliphatic heterocycles. The molecule has 0 spiro atoms. The first-order valence-electron chi connectivity index (χ1n) is 6.20. The number of benzene rings is 2. The van der Waals surface area contributed by atoms with E-state index in [0.29, 0.717) is 13.2 Å². The van der Waals surface area contributed by atoms with Gasteiger partial charge in [-0.15, -0.1) is 0 Å². The fraction of sp³-hybridized carbons (Fsp3) is 0.125. The second-order valence-electron chi connectivity index (χ2n) is 4.22. The molecule has 0 aromatic heterocycles. The van der Waals surface area contributed by atoms with Gasteiger partial charge in [0.1, 0.15) is 18.2 Å². The second kappa shape index (κ2) is 7.10. The Morgan fingerprint density at radius 1 is 1.20 bits per heavy atom. The SMILES string of the molecule is C=CCOc1ccc(CNc2cc(F)ccc2Br)cc1. The molecule has 0 radical (unpaired) electrons. The quantitative estimate of drug-likeness (QED) is 0.768. The highest BCUT2D eigenvalue weighted by atomic mass is 79.9. The molecular formula is C16H15BrFNO. The smallest absolute Gasteiger partial charge is 0.125 e. The third-order valence-corrected chi connectivity index (χ3v) is 3.39. The molecule has 1 N–H and O–H groups in total. The van der Waals surface area contributed by atoms with E-state index in [-0.39, 0.29) is 5.82 Å². The Labute approximate surface area is 126 Å². The van der Waals surface area contributed by atoms with Crippen molar-refractivity contribution in [1.29, 1.82) is 0 Å². The molecule has 2 aromatic carbocycles. The molecule has 2 rings (SSSR count). The summed E-state index contributed by atoms with van der Waals surface area (Å²) >= 11 is 3.39. The topological polar surface area (TPSA) is 21.3 Å². The molecule has 0 heterocycles. The number of hydrogen-bond acceptors (Lipinski definition) is 2. The zero-order chi connectivity index (χ0) is 14.4. The van der Waals surface area contributed by atoms with Crippen LogP contribution in [0.15, 0.2) is 59.6 Å². The largest absolute Gasteiger partial charge is 0.490 e. The lowest BCUT2D eigenvalue weighted by Gasteiger charge is -2.09. The fourth-order valence-corrected chi connectivity index (χ4v) is 2.08. The Morgan fingerprint density at radius 2 is 1.95 bits per heavy atom. The summed E-state index contributed by atoms with van der Waals surface area (Å²) in [7, 11) is 0. The summed E-state index contributed by atoms with van der Waals surface area (Å²) in [5.74, 6) is 0.546. The maximum atomic E-state index is 13.2. The van der Waals surface area contributed by atoms with E-state index in [0.717, 1.165) is 21.5 Å². The Hall–Kier alpha value is -1.81. The number of ether oxygens (including phenoxy) is 1. The first kappa shape index (κ1) is 14.6. The van der Waals surface area contributed by atoms with Crippen LogP contribution in [-0.4, -0.2) is 6.61 Å². The standard InChI is InChI=1S/C16H15BrFNO/c1-2-9-20-14-6-3-12(4-7-14)11-19-16-10-13(18)5-8-15(16)17/h2-8,10,19H,1,9,11H2. The van der Waals surface area contributed by atoms with E-state index in [1.807, 2.05) is 24.3 Å². The van der Waals surface area contributed by atoms with Gasteiger partial charge in [0, 0.05) is 11.0 Å². The normalized spacial score (nSPS) is 10.1. The fourth-order valence-electron chi connectivity index (χ4n) is 1.69. The van der Waals surface area contributed by atoms with Gasteiger partial charge in [-0.3, -0.25) is 0 Å². The van der Waals surface area contributed by atoms with Gasteiger partial charge in [-0.25, -0.2) is 4.39 Å². The summed E-state index contributed by atoms with van der Waals surface area (Å²) in [6.45, 7) is 4.71. The molecule has 0 aliphatic rings. The van der Waals surface area contributed by atoms with Gasteiger partial charge in [-0.05, 0) is 51.8 Å². The van der Waals surface area contributed by atoms with Gasteiger partial charge in [0.2, 0.25) is 0 Å². The monoisotopic (exact) mass is 335 g/mol. The summed E-state index contributed by atoms with van der Waals surface area (Å²) in [5, 5.41) is 3.19. The summed E-state index contributed by atoms with van der Waals surface area (Å²) in [6, 6.07) is 12.3. The van der Waals surface area contributed by atoms with E-state index in [9.17, 15) is 4.39 Å². The van der Waals surface area contributed by atoms with Gasteiger partial charge in [-0.2, -0.15) is 0 Å². The zero-order valence-corrected chi connectivity index (χ0v) is 12.5. The highest BCUT2D eigenvalue weighted by molar-refractivity contribution is 9.10. The van der Waals surface area contributed by atoms with Crippen molar-refractivity contribution >= 4 is 21.6 Å². The molecule has 0 aliphatic carbocycles. The highest BCUT2D eigenvalue weighted by Crippen LogP contribution is 2.23. The van der Waals surface area contributed by atoms with Crippen LogP contribution in [0.4, 0.5) is 10.1 Å². The Balaban J connectivity index is 1.96. The molecule has 0 fully saturated rings. The van der Waals surface area contributed by atoms with Crippen molar-refractivity contribution in [2.75, 3.05) is 11.9 Å². The molecule has 20 heavy (non-hydrogen) atoms. The first-order valence-corrected chi connectivity index (χ1v) is 7.00. The van der Waals surface area contributed by atoms with Crippen LogP contribution in [0, 0.1) is 5.82 Å². The van der Waals surface area contributed by atoms with Crippen LogP contribution in [0.5, 0.6) is 5.75 Å². The molecule has 2 nitrogen and oxygen atoms in total. The van der Waals surface area contributed by atoms with Crippen molar-refractivity contribution in [3.8, 4) is 5.75 Å². The molecule has 0 saturated heterocycles. The maximum absolute atomic E-state index is 13.2. The number of nitrogens with one attached hydrogen (secondary N) is 1. The molecule has 2 aromatic rings. The maximum Gasteiger partial charge on any atom is 0.125 e. The molecule has 104 valence electrons. The highest BCUT2D eigenvalue weighted by Gasteiger charge is 2.02. The predicted octanol–water partition coefficient (Wildman–Crippen LogP) is 4.77. The van der Waals surface area contributed by atoms with Crippen molar-refractivity contribution in [2.45, 2.75) is 6.54 Å². The predicted molar refractivity (Wildman–Crippen MR) is 83.6 cm³/mol. The number of rotatable bonds is 6. The average Bonchev–Trinajstić information content (AvgIpc) is 2.47. The van der Waals surface area contributed by atoms with Crippen LogP contribution in [0.1, 0.15) is 5.56 Å². The van der Waals surface area contributed by atoms with Crippen LogP contribution >= 0.6 is 15.9 Å². The summed E-state index contributed by atoms with van der Waals surface area (Å²) in [5.41, 5.74) is 1.82. The zero-order valence-electron chi connectivity index (χ0n) is 10.9. The summed E-state index contributed by atoms with van der Waals surface area (Å²) in [6.07, 6.45) is 1.71. The Bertz CT molecular complexity index is 584. The number of hydrogen-bond donors (Lipinski definition) is 1. The van der Waals surface area contributed by atoms with E-state index in [1.54, 1.807) is 12.1 Å². The van der Waals surface area contributed by atoms with Crippen molar-refractivity contribution in [3.05, 3.63) is 71.0 Å². The van der Waals surface area contributed by atoms with Gasteiger partial charge in [0.25, 0.3) is 0 Å². The van der Waals surface area contributed by atoms with E-state index >= 15 is 0 Å². The number of halogens is 2. The van der Waals surface area contributed by atoms with Gasteiger partial charge in [-0.1, -0.05) is 24.8 Å².